The molecule has 132 valence electrons. The largest absolute Gasteiger partial charge is 0.366 e. The summed E-state index contributed by atoms with van der Waals surface area (Å²) < 4.78 is 5.06. The molecule has 3 N–H and O–H groups in total. The number of nitrogens with two attached hydrogens (primary N) is 1. The minimum Gasteiger partial charge on any atom is -0.366 e. The van der Waals surface area contributed by atoms with Crippen molar-refractivity contribution in [2.75, 3.05) is 5.32 Å². The lowest BCUT2D eigenvalue weighted by Crippen LogP contribution is -2.15. The van der Waals surface area contributed by atoms with Crippen LogP contribution in [0.15, 0.2) is 64.0 Å². The first kappa shape index (κ1) is 17.8. The molecule has 1 heterocycles. The van der Waals surface area contributed by atoms with Crippen LogP contribution in [0, 0.1) is 6.92 Å². The summed E-state index contributed by atoms with van der Waals surface area (Å²) >= 11 is 1.50. The number of hydrogen-bond acceptors (Lipinski definition) is 5. The van der Waals surface area contributed by atoms with Crippen LogP contribution in [0.3, 0.4) is 0 Å². The summed E-state index contributed by atoms with van der Waals surface area (Å²) in [6.45, 7) is 1.84. The van der Waals surface area contributed by atoms with E-state index < -0.39 is 5.91 Å². The van der Waals surface area contributed by atoms with Crippen molar-refractivity contribution in [2.45, 2.75) is 17.6 Å². The number of amides is 2. The van der Waals surface area contributed by atoms with E-state index in [9.17, 15) is 9.59 Å². The minimum absolute atomic E-state index is 0.258. The molecule has 0 saturated carbocycles. The number of hydrogen-bond donors (Lipinski definition) is 2. The van der Waals surface area contributed by atoms with Gasteiger partial charge in [-0.05, 0) is 37.3 Å². The molecule has 0 fully saturated rings. The molecule has 0 saturated heterocycles. The smallest absolute Gasteiger partial charge is 0.256 e. The highest BCUT2D eigenvalue weighted by Gasteiger charge is 2.13. The molecule has 1 aromatic heterocycles. The zero-order valence-corrected chi connectivity index (χ0v) is 14.9. The zero-order chi connectivity index (χ0) is 18.5. The first-order valence-electron chi connectivity index (χ1n) is 7.88. The van der Waals surface area contributed by atoms with Gasteiger partial charge in [0.15, 0.2) is 0 Å². The molecule has 0 bridgehead atoms. The Hall–Kier alpha value is -3.06. The van der Waals surface area contributed by atoms with Crippen LogP contribution in [0.25, 0.3) is 0 Å². The molecule has 0 atom stereocenters. The Bertz CT molecular complexity index is 952. The fourth-order valence-corrected chi connectivity index (χ4v) is 3.30. The van der Waals surface area contributed by atoms with Crippen molar-refractivity contribution < 1.29 is 14.1 Å². The van der Waals surface area contributed by atoms with Gasteiger partial charge in [0.05, 0.1) is 11.3 Å². The van der Waals surface area contributed by atoms with E-state index in [1.807, 2.05) is 25.1 Å². The maximum absolute atomic E-state index is 12.7. The van der Waals surface area contributed by atoms with E-state index in [2.05, 4.69) is 10.5 Å². The third-order valence-electron chi connectivity index (χ3n) is 3.59. The van der Waals surface area contributed by atoms with Gasteiger partial charge in [-0.1, -0.05) is 23.4 Å². The molecule has 0 aliphatic heterocycles. The van der Waals surface area contributed by atoms with E-state index in [1.54, 1.807) is 36.4 Å². The van der Waals surface area contributed by atoms with Gasteiger partial charge in [0, 0.05) is 28.0 Å². The Morgan fingerprint density at radius 1 is 1.15 bits per heavy atom. The number of aromatic nitrogens is 1. The van der Waals surface area contributed by atoms with Crippen LogP contribution in [0.1, 0.15) is 32.2 Å². The van der Waals surface area contributed by atoms with Gasteiger partial charge in [0.25, 0.3) is 5.91 Å². The van der Waals surface area contributed by atoms with Gasteiger partial charge < -0.3 is 15.6 Å². The van der Waals surface area contributed by atoms with E-state index in [4.69, 9.17) is 10.3 Å². The number of anilines is 1. The van der Waals surface area contributed by atoms with E-state index >= 15 is 0 Å². The zero-order valence-electron chi connectivity index (χ0n) is 14.1. The standard InChI is InChI=1S/C19H17N3O3S/c1-12-9-15(22-25-12)11-26-17-8-3-2-7-16(17)19(24)21-14-6-4-5-13(10-14)18(20)23/h2-10H,11H2,1H3,(H2,20,23)(H,21,24). The maximum atomic E-state index is 12.7. The highest BCUT2D eigenvalue weighted by Crippen LogP contribution is 2.27. The molecule has 0 spiro atoms. The van der Waals surface area contributed by atoms with Crippen LogP contribution in [0.2, 0.25) is 0 Å². The van der Waals surface area contributed by atoms with Crippen molar-refractivity contribution in [1.82, 2.24) is 5.16 Å². The second-order valence-electron chi connectivity index (χ2n) is 5.61. The van der Waals surface area contributed by atoms with Crippen molar-refractivity contribution in [1.29, 1.82) is 0 Å². The lowest BCUT2D eigenvalue weighted by molar-refractivity contribution is 0.0995. The number of carbonyl (C=O) groups is 2. The van der Waals surface area contributed by atoms with Gasteiger partial charge in [0.1, 0.15) is 5.76 Å². The number of primary amides is 1. The highest BCUT2D eigenvalue weighted by molar-refractivity contribution is 7.98. The summed E-state index contributed by atoms with van der Waals surface area (Å²) in [5.74, 6) is 0.547. The van der Waals surface area contributed by atoms with Crippen molar-refractivity contribution in [2.24, 2.45) is 5.73 Å². The second kappa shape index (κ2) is 7.88. The number of rotatable bonds is 6. The van der Waals surface area contributed by atoms with Crippen LogP contribution >= 0.6 is 11.8 Å². The molecular formula is C19H17N3O3S. The fourth-order valence-electron chi connectivity index (χ4n) is 2.37. The summed E-state index contributed by atoms with van der Waals surface area (Å²) in [5.41, 5.74) is 7.49. The molecule has 3 aromatic rings. The Labute approximate surface area is 154 Å². The maximum Gasteiger partial charge on any atom is 0.256 e. The molecule has 6 nitrogen and oxygen atoms in total. The van der Waals surface area contributed by atoms with E-state index in [0.29, 0.717) is 22.6 Å². The third kappa shape index (κ3) is 4.31. The Morgan fingerprint density at radius 2 is 1.96 bits per heavy atom. The first-order chi connectivity index (χ1) is 12.5. The van der Waals surface area contributed by atoms with E-state index in [0.717, 1.165) is 16.3 Å². The normalized spacial score (nSPS) is 10.5. The second-order valence-corrected chi connectivity index (χ2v) is 6.63. The van der Waals surface area contributed by atoms with Gasteiger partial charge in [-0.2, -0.15) is 0 Å². The predicted molar refractivity (Wildman–Crippen MR) is 100 cm³/mol. The van der Waals surface area contributed by atoms with E-state index in [-0.39, 0.29) is 5.91 Å². The first-order valence-corrected chi connectivity index (χ1v) is 8.87. The van der Waals surface area contributed by atoms with Gasteiger partial charge in [-0.3, -0.25) is 9.59 Å². The van der Waals surface area contributed by atoms with Crippen LogP contribution in [-0.2, 0) is 5.75 Å². The van der Waals surface area contributed by atoms with E-state index in [1.165, 1.54) is 11.8 Å². The molecule has 0 radical (unpaired) electrons. The number of nitrogens with zero attached hydrogens (tertiary/aromatic N) is 1. The number of carbonyl (C=O) groups excluding carboxylic acids is 2. The number of nitrogens with one attached hydrogen (secondary N) is 1. The van der Waals surface area contributed by atoms with Gasteiger partial charge in [-0.25, -0.2) is 0 Å². The Balaban J connectivity index is 1.75. The van der Waals surface area contributed by atoms with Crippen molar-refractivity contribution in [3.63, 3.8) is 0 Å². The molecule has 3 rings (SSSR count). The Morgan fingerprint density at radius 3 is 2.69 bits per heavy atom. The van der Waals surface area contributed by atoms with Crippen LogP contribution < -0.4 is 11.1 Å². The predicted octanol–water partition coefficient (Wildman–Crippen LogP) is 3.63. The number of benzene rings is 2. The molecule has 0 aliphatic rings. The summed E-state index contributed by atoms with van der Waals surface area (Å²) in [6, 6.07) is 15.7. The quantitative estimate of drug-likeness (QED) is 0.648. The minimum atomic E-state index is -0.542. The van der Waals surface area contributed by atoms with Crippen molar-refractivity contribution in [3.8, 4) is 0 Å². The molecule has 26 heavy (non-hydrogen) atoms. The van der Waals surface area contributed by atoms with Gasteiger partial charge >= 0.3 is 0 Å². The van der Waals surface area contributed by atoms with Crippen molar-refractivity contribution >= 4 is 29.3 Å². The average Bonchev–Trinajstić information content (AvgIpc) is 3.05. The molecular weight excluding hydrogens is 350 g/mol. The number of thioether (sulfide) groups is 1. The molecule has 2 aromatic carbocycles. The van der Waals surface area contributed by atoms with Crippen molar-refractivity contribution in [3.05, 3.63) is 77.2 Å². The lowest BCUT2D eigenvalue weighted by atomic mass is 10.1. The third-order valence-corrected chi connectivity index (χ3v) is 4.70. The summed E-state index contributed by atoms with van der Waals surface area (Å²) in [4.78, 5) is 24.8. The average molecular weight is 367 g/mol. The molecule has 0 aliphatic carbocycles. The summed E-state index contributed by atoms with van der Waals surface area (Å²) in [6.07, 6.45) is 0. The lowest BCUT2D eigenvalue weighted by Gasteiger charge is -2.10. The molecule has 7 heteroatoms. The van der Waals surface area contributed by atoms with Crippen LogP contribution in [0.4, 0.5) is 5.69 Å². The fraction of sp³-hybridized carbons (Fsp3) is 0.105. The monoisotopic (exact) mass is 367 g/mol. The SMILES string of the molecule is Cc1cc(CSc2ccccc2C(=O)Nc2cccc(C(N)=O)c2)no1. The van der Waals surface area contributed by atoms with Gasteiger partial charge in [0.2, 0.25) is 5.91 Å². The Kier molecular flexibility index (Phi) is 5.38. The highest BCUT2D eigenvalue weighted by atomic mass is 32.2. The number of aryl methyl sites for hydroxylation is 1. The summed E-state index contributed by atoms with van der Waals surface area (Å²) in [5, 5.41) is 6.76. The summed E-state index contributed by atoms with van der Waals surface area (Å²) in [7, 11) is 0. The van der Waals surface area contributed by atoms with Crippen LogP contribution in [-0.4, -0.2) is 17.0 Å². The van der Waals surface area contributed by atoms with Gasteiger partial charge in [-0.15, -0.1) is 11.8 Å². The molecule has 2 amide bonds. The topological polar surface area (TPSA) is 98.2 Å². The molecule has 0 unspecified atom stereocenters. The van der Waals surface area contributed by atoms with Crippen LogP contribution in [0.5, 0.6) is 0 Å².